The van der Waals surface area contributed by atoms with Crippen LogP contribution in [0.5, 0.6) is 0 Å². The van der Waals surface area contributed by atoms with Crippen molar-refractivity contribution >= 4 is 29.3 Å². The summed E-state index contributed by atoms with van der Waals surface area (Å²) in [5.41, 5.74) is 2.82. The van der Waals surface area contributed by atoms with Gasteiger partial charge in [0, 0.05) is 7.05 Å². The Morgan fingerprint density at radius 1 is 1.70 bits per heavy atom. The van der Waals surface area contributed by atoms with Crippen molar-refractivity contribution in [1.82, 2.24) is 10.7 Å². The van der Waals surface area contributed by atoms with Gasteiger partial charge in [0.25, 0.3) is 0 Å². The molecular formula is C5H9N3OS. The lowest BCUT2D eigenvalue weighted by Crippen LogP contribution is -2.29. The summed E-state index contributed by atoms with van der Waals surface area (Å²) in [5, 5.41) is 6.64. The molecule has 0 aliphatic heterocycles. The van der Waals surface area contributed by atoms with E-state index in [1.807, 2.05) is 0 Å². The van der Waals surface area contributed by atoms with E-state index in [9.17, 15) is 4.79 Å². The maximum Gasteiger partial charge on any atom is 0.186 e. The molecule has 5 heteroatoms. The Bertz CT molecular complexity index is 166. The number of thiocarbonyl (C=S) groups is 1. The van der Waals surface area contributed by atoms with Crippen molar-refractivity contribution in [2.75, 3.05) is 7.05 Å². The van der Waals surface area contributed by atoms with Crippen molar-refractivity contribution in [3.8, 4) is 0 Å². The summed E-state index contributed by atoms with van der Waals surface area (Å²) in [6, 6.07) is 0. The largest absolute Gasteiger partial charge is 0.364 e. The van der Waals surface area contributed by atoms with E-state index >= 15 is 0 Å². The molecule has 0 bridgehead atoms. The molecule has 0 aromatic heterocycles. The topological polar surface area (TPSA) is 53.5 Å². The van der Waals surface area contributed by atoms with Crippen LogP contribution in [0.25, 0.3) is 0 Å². The van der Waals surface area contributed by atoms with Crippen molar-refractivity contribution in [1.29, 1.82) is 0 Å². The Labute approximate surface area is 64.7 Å². The van der Waals surface area contributed by atoms with Gasteiger partial charge in [-0.25, -0.2) is 0 Å². The summed E-state index contributed by atoms with van der Waals surface area (Å²) < 4.78 is 0. The van der Waals surface area contributed by atoms with Gasteiger partial charge in [0.1, 0.15) is 0 Å². The second-order valence-electron chi connectivity index (χ2n) is 1.56. The highest BCUT2D eigenvalue weighted by atomic mass is 32.1. The molecule has 0 aromatic rings. The zero-order chi connectivity index (χ0) is 7.98. The zero-order valence-electron chi connectivity index (χ0n) is 5.84. The lowest BCUT2D eigenvalue weighted by atomic mass is 10.5. The molecule has 2 N–H and O–H groups in total. The first-order chi connectivity index (χ1) is 4.70. The molecule has 56 valence electrons. The summed E-state index contributed by atoms with van der Waals surface area (Å²) in [4.78, 5) is 9.97. The molecule has 0 unspecified atom stereocenters. The Kier molecular flexibility index (Phi) is 4.39. The fourth-order valence-corrected chi connectivity index (χ4v) is 0.267. The minimum absolute atomic E-state index is 0.359. The average Bonchev–Trinajstić information content (AvgIpc) is 1.99. The van der Waals surface area contributed by atoms with Gasteiger partial charge in [-0.1, -0.05) is 0 Å². The molecule has 0 saturated carbocycles. The van der Waals surface area contributed by atoms with E-state index in [2.05, 4.69) is 28.1 Å². The molecule has 0 amide bonds. The summed E-state index contributed by atoms with van der Waals surface area (Å²) >= 11 is 4.68. The predicted octanol–water partition coefficient (Wildman–Crippen LogP) is -0.345. The van der Waals surface area contributed by atoms with Crippen LogP contribution >= 0.6 is 12.2 Å². The van der Waals surface area contributed by atoms with E-state index in [1.165, 1.54) is 0 Å². The van der Waals surface area contributed by atoms with Crippen LogP contribution in [0.1, 0.15) is 6.92 Å². The summed E-state index contributed by atoms with van der Waals surface area (Å²) in [6.45, 7) is 1.58. The van der Waals surface area contributed by atoms with E-state index in [0.717, 1.165) is 0 Å². The highest BCUT2D eigenvalue weighted by Gasteiger charge is 1.87. The Morgan fingerprint density at radius 3 is 2.70 bits per heavy atom. The number of carbonyl (C=O) groups is 1. The fourth-order valence-electron chi connectivity index (χ4n) is 0.221. The van der Waals surface area contributed by atoms with Gasteiger partial charge in [-0.15, -0.1) is 0 Å². The van der Waals surface area contributed by atoms with E-state index < -0.39 is 0 Å². The Hall–Kier alpha value is -0.970. The van der Waals surface area contributed by atoms with E-state index in [1.54, 1.807) is 14.0 Å². The highest BCUT2D eigenvalue weighted by molar-refractivity contribution is 7.80. The SMILES string of the molecule is CNC(=S)NN=C(C)C=O. The number of nitrogens with zero attached hydrogens (tertiary/aromatic N) is 1. The van der Waals surface area contributed by atoms with Crippen LogP contribution in [0.2, 0.25) is 0 Å². The molecular weight excluding hydrogens is 150 g/mol. The van der Waals surface area contributed by atoms with Crippen LogP contribution in [-0.2, 0) is 4.79 Å². The molecule has 0 saturated heterocycles. The van der Waals surface area contributed by atoms with E-state index in [0.29, 0.717) is 17.1 Å². The summed E-state index contributed by atoms with van der Waals surface area (Å²) in [6.07, 6.45) is 0.644. The van der Waals surface area contributed by atoms with Crippen molar-refractivity contribution in [2.24, 2.45) is 5.10 Å². The normalized spacial score (nSPS) is 10.4. The molecule has 0 aromatic carbocycles. The van der Waals surface area contributed by atoms with Gasteiger partial charge in [0.15, 0.2) is 11.4 Å². The van der Waals surface area contributed by atoms with Gasteiger partial charge in [0.2, 0.25) is 0 Å². The maximum atomic E-state index is 9.97. The summed E-state index contributed by atoms with van der Waals surface area (Å²) in [7, 11) is 1.67. The van der Waals surface area contributed by atoms with Gasteiger partial charge >= 0.3 is 0 Å². The second kappa shape index (κ2) is 4.87. The van der Waals surface area contributed by atoms with Crippen LogP contribution in [0.4, 0.5) is 0 Å². The molecule has 0 radical (unpaired) electrons. The lowest BCUT2D eigenvalue weighted by molar-refractivity contribution is -0.102. The van der Waals surface area contributed by atoms with Crippen molar-refractivity contribution in [3.05, 3.63) is 0 Å². The number of carbonyl (C=O) groups excluding carboxylic acids is 1. The second-order valence-corrected chi connectivity index (χ2v) is 1.97. The van der Waals surface area contributed by atoms with Crippen LogP contribution in [0, 0.1) is 0 Å². The van der Waals surface area contributed by atoms with Gasteiger partial charge in [-0.2, -0.15) is 5.10 Å². The van der Waals surface area contributed by atoms with Crippen molar-refractivity contribution in [3.63, 3.8) is 0 Å². The Morgan fingerprint density at radius 2 is 2.30 bits per heavy atom. The van der Waals surface area contributed by atoms with Gasteiger partial charge in [0.05, 0.1) is 5.71 Å². The first kappa shape index (κ1) is 9.03. The standard InChI is InChI=1S/C5H9N3OS/c1-4(3-9)7-8-5(10)6-2/h3H,1-2H3,(H2,6,8,10). The number of rotatable bonds is 2. The smallest absolute Gasteiger partial charge is 0.186 e. The van der Waals surface area contributed by atoms with Gasteiger partial charge in [-0.3, -0.25) is 10.2 Å². The Balaban J connectivity index is 3.71. The maximum absolute atomic E-state index is 9.97. The van der Waals surface area contributed by atoms with Crippen molar-refractivity contribution < 1.29 is 4.79 Å². The van der Waals surface area contributed by atoms with Crippen LogP contribution in [0.3, 0.4) is 0 Å². The molecule has 0 rings (SSSR count). The molecule has 0 fully saturated rings. The highest BCUT2D eigenvalue weighted by Crippen LogP contribution is 1.68. The monoisotopic (exact) mass is 159 g/mol. The number of hydrazone groups is 1. The molecule has 0 spiro atoms. The first-order valence-electron chi connectivity index (χ1n) is 2.68. The third-order valence-corrected chi connectivity index (χ3v) is 1.03. The van der Waals surface area contributed by atoms with Gasteiger partial charge in [-0.05, 0) is 19.1 Å². The fraction of sp³-hybridized carbons (Fsp3) is 0.400. The third-order valence-electron chi connectivity index (χ3n) is 0.731. The van der Waals surface area contributed by atoms with Gasteiger partial charge < -0.3 is 5.32 Å². The lowest BCUT2D eigenvalue weighted by Gasteiger charge is -1.98. The van der Waals surface area contributed by atoms with Crippen LogP contribution in [0.15, 0.2) is 5.10 Å². The molecule has 0 aliphatic carbocycles. The molecule has 0 aliphatic rings. The third kappa shape index (κ3) is 3.96. The zero-order valence-corrected chi connectivity index (χ0v) is 6.66. The number of hydrogen-bond acceptors (Lipinski definition) is 3. The molecule has 10 heavy (non-hydrogen) atoms. The number of hydrogen-bond donors (Lipinski definition) is 2. The average molecular weight is 159 g/mol. The predicted molar refractivity (Wildman–Crippen MR) is 44.0 cm³/mol. The van der Waals surface area contributed by atoms with Crippen molar-refractivity contribution in [2.45, 2.75) is 6.92 Å². The molecule has 0 heterocycles. The summed E-state index contributed by atoms with van der Waals surface area (Å²) in [5.74, 6) is 0. The molecule has 0 atom stereocenters. The van der Waals surface area contributed by atoms with E-state index in [4.69, 9.17) is 0 Å². The van der Waals surface area contributed by atoms with Crippen LogP contribution in [-0.4, -0.2) is 24.2 Å². The number of nitrogens with one attached hydrogen (secondary N) is 2. The van der Waals surface area contributed by atoms with Crippen LogP contribution < -0.4 is 10.7 Å². The minimum Gasteiger partial charge on any atom is -0.364 e. The quantitative estimate of drug-likeness (QED) is 0.250. The first-order valence-corrected chi connectivity index (χ1v) is 3.08. The van der Waals surface area contributed by atoms with E-state index in [-0.39, 0.29) is 0 Å². The minimum atomic E-state index is 0.359. The molecule has 4 nitrogen and oxygen atoms in total. The number of aldehydes is 1.